The Balaban J connectivity index is 0.00000243. The van der Waals surface area contributed by atoms with Crippen molar-refractivity contribution in [1.82, 2.24) is 14.8 Å². The summed E-state index contributed by atoms with van der Waals surface area (Å²) in [5.74, 6) is 2.68. The standard InChI is InChI=1S/C17H24N4O4.ClH/c1-24-12-3-2-4-13(9-12)25-10-16-19-17(21(20-16)5-6-22)11-7-14(18)15(23)8-11;/h2-4,9,11,14-15,22-23H,5-8,10,18H2,1H3;1H/t11-,14-,15-;/m0./s1. The average Bonchev–Trinajstić information content (AvgIpc) is 3.17. The third-order valence-electron chi connectivity index (χ3n) is 4.41. The summed E-state index contributed by atoms with van der Waals surface area (Å²) in [4.78, 5) is 4.56. The molecule has 144 valence electrons. The van der Waals surface area contributed by atoms with Crippen LogP contribution in [-0.2, 0) is 13.2 Å². The Morgan fingerprint density at radius 2 is 2.08 bits per heavy atom. The predicted octanol–water partition coefficient (Wildman–Crippen LogP) is 0.845. The number of hydrogen-bond acceptors (Lipinski definition) is 7. The van der Waals surface area contributed by atoms with Gasteiger partial charge >= 0.3 is 0 Å². The van der Waals surface area contributed by atoms with Crippen LogP contribution in [0.5, 0.6) is 11.5 Å². The lowest BCUT2D eigenvalue weighted by Crippen LogP contribution is -2.28. The minimum atomic E-state index is -0.527. The molecule has 4 N–H and O–H groups in total. The summed E-state index contributed by atoms with van der Waals surface area (Å²) in [6, 6.07) is 7.06. The molecular weight excluding hydrogens is 360 g/mol. The van der Waals surface area contributed by atoms with E-state index in [9.17, 15) is 10.2 Å². The van der Waals surface area contributed by atoms with Gasteiger partial charge in [-0.15, -0.1) is 12.4 Å². The molecule has 1 fully saturated rings. The predicted molar refractivity (Wildman–Crippen MR) is 97.6 cm³/mol. The topological polar surface area (TPSA) is 116 Å². The number of rotatable bonds is 7. The number of aliphatic hydroxyl groups is 2. The number of ether oxygens (including phenoxy) is 2. The van der Waals surface area contributed by atoms with Crippen molar-refractivity contribution in [3.63, 3.8) is 0 Å². The van der Waals surface area contributed by atoms with Crippen LogP contribution in [0.15, 0.2) is 24.3 Å². The molecule has 0 unspecified atom stereocenters. The molecule has 0 radical (unpaired) electrons. The number of aliphatic hydroxyl groups excluding tert-OH is 2. The number of nitrogens with zero attached hydrogens (tertiary/aromatic N) is 3. The first-order valence-electron chi connectivity index (χ1n) is 8.35. The molecule has 0 bridgehead atoms. The van der Waals surface area contributed by atoms with Crippen molar-refractivity contribution in [1.29, 1.82) is 0 Å². The van der Waals surface area contributed by atoms with Gasteiger partial charge in [0.1, 0.15) is 23.9 Å². The Bertz CT molecular complexity index is 702. The zero-order chi connectivity index (χ0) is 17.8. The maximum absolute atomic E-state index is 9.89. The van der Waals surface area contributed by atoms with Crippen molar-refractivity contribution in [3.05, 3.63) is 35.9 Å². The summed E-state index contributed by atoms with van der Waals surface area (Å²) < 4.78 is 12.6. The highest BCUT2D eigenvalue weighted by Crippen LogP contribution is 2.33. The molecule has 1 aliphatic carbocycles. The van der Waals surface area contributed by atoms with E-state index in [1.807, 2.05) is 18.2 Å². The van der Waals surface area contributed by atoms with Crippen LogP contribution < -0.4 is 15.2 Å². The van der Waals surface area contributed by atoms with Crippen LogP contribution >= 0.6 is 12.4 Å². The molecule has 0 amide bonds. The first-order chi connectivity index (χ1) is 12.1. The van der Waals surface area contributed by atoms with E-state index >= 15 is 0 Å². The molecule has 1 heterocycles. The molecular formula is C17H25ClN4O4. The number of methoxy groups -OCH3 is 1. The quantitative estimate of drug-likeness (QED) is 0.647. The van der Waals surface area contributed by atoms with Crippen molar-refractivity contribution in [2.45, 2.75) is 44.1 Å². The van der Waals surface area contributed by atoms with Gasteiger partial charge in [-0.05, 0) is 25.0 Å². The number of aromatic nitrogens is 3. The molecule has 8 nitrogen and oxygen atoms in total. The number of nitrogens with two attached hydrogens (primary N) is 1. The number of benzene rings is 1. The molecule has 1 aromatic carbocycles. The SMILES string of the molecule is COc1cccc(OCc2nc([C@H]3C[C@H](N)[C@@H](O)C3)n(CCO)n2)c1.Cl. The smallest absolute Gasteiger partial charge is 0.188 e. The van der Waals surface area contributed by atoms with Gasteiger partial charge in [-0.25, -0.2) is 9.67 Å². The van der Waals surface area contributed by atoms with E-state index < -0.39 is 6.10 Å². The van der Waals surface area contributed by atoms with Crippen molar-refractivity contribution in [2.24, 2.45) is 5.73 Å². The monoisotopic (exact) mass is 384 g/mol. The fourth-order valence-electron chi connectivity index (χ4n) is 3.12. The van der Waals surface area contributed by atoms with Gasteiger partial charge in [0, 0.05) is 18.0 Å². The molecule has 3 rings (SSSR count). The highest BCUT2D eigenvalue weighted by atomic mass is 35.5. The van der Waals surface area contributed by atoms with Gasteiger partial charge in [0.05, 0.1) is 26.4 Å². The minimum Gasteiger partial charge on any atom is -0.497 e. The normalized spacial score (nSPS) is 22.1. The van der Waals surface area contributed by atoms with Gasteiger partial charge in [-0.2, -0.15) is 5.10 Å². The van der Waals surface area contributed by atoms with Gasteiger partial charge in [-0.1, -0.05) is 6.07 Å². The van der Waals surface area contributed by atoms with Gasteiger partial charge in [-0.3, -0.25) is 0 Å². The summed E-state index contributed by atoms with van der Waals surface area (Å²) in [5, 5.41) is 23.6. The largest absolute Gasteiger partial charge is 0.497 e. The molecule has 1 aromatic heterocycles. The van der Waals surface area contributed by atoms with Gasteiger partial charge < -0.3 is 25.4 Å². The summed E-state index contributed by atoms with van der Waals surface area (Å²) in [6.45, 7) is 0.525. The summed E-state index contributed by atoms with van der Waals surface area (Å²) in [5.41, 5.74) is 5.91. The Kier molecular flexibility index (Phi) is 7.22. The Morgan fingerprint density at radius 1 is 1.31 bits per heavy atom. The first kappa shape index (κ1) is 20.4. The van der Waals surface area contributed by atoms with Crippen LogP contribution in [0.4, 0.5) is 0 Å². The van der Waals surface area contributed by atoms with E-state index in [-0.39, 0.29) is 37.6 Å². The van der Waals surface area contributed by atoms with E-state index in [2.05, 4.69) is 10.1 Å². The minimum absolute atomic E-state index is 0. The van der Waals surface area contributed by atoms with Gasteiger partial charge in [0.2, 0.25) is 0 Å². The van der Waals surface area contributed by atoms with E-state index in [1.54, 1.807) is 17.9 Å². The molecule has 0 aliphatic heterocycles. The summed E-state index contributed by atoms with van der Waals surface area (Å²) in [6.07, 6.45) is 0.684. The van der Waals surface area contributed by atoms with Crippen LogP contribution in [0.25, 0.3) is 0 Å². The highest BCUT2D eigenvalue weighted by molar-refractivity contribution is 5.85. The molecule has 0 saturated heterocycles. The maximum atomic E-state index is 9.89. The Hall–Kier alpha value is -1.87. The maximum Gasteiger partial charge on any atom is 0.188 e. The summed E-state index contributed by atoms with van der Waals surface area (Å²) in [7, 11) is 1.60. The lowest BCUT2D eigenvalue weighted by molar-refractivity contribution is 0.163. The zero-order valence-electron chi connectivity index (χ0n) is 14.6. The molecule has 26 heavy (non-hydrogen) atoms. The second-order valence-corrected chi connectivity index (χ2v) is 6.20. The Morgan fingerprint density at radius 3 is 2.73 bits per heavy atom. The van der Waals surface area contributed by atoms with E-state index in [0.29, 0.717) is 36.7 Å². The average molecular weight is 385 g/mol. The number of halogens is 1. The summed E-state index contributed by atoms with van der Waals surface area (Å²) >= 11 is 0. The second kappa shape index (κ2) is 9.18. The zero-order valence-corrected chi connectivity index (χ0v) is 15.4. The second-order valence-electron chi connectivity index (χ2n) is 6.20. The fraction of sp³-hybridized carbons (Fsp3) is 0.529. The van der Waals surface area contributed by atoms with Crippen LogP contribution in [0.1, 0.15) is 30.4 Å². The molecule has 0 spiro atoms. The van der Waals surface area contributed by atoms with E-state index in [0.717, 1.165) is 5.82 Å². The van der Waals surface area contributed by atoms with Crippen molar-refractivity contribution < 1.29 is 19.7 Å². The highest BCUT2D eigenvalue weighted by Gasteiger charge is 2.34. The third-order valence-corrected chi connectivity index (χ3v) is 4.41. The molecule has 1 aliphatic rings. The first-order valence-corrected chi connectivity index (χ1v) is 8.35. The third kappa shape index (κ3) is 4.64. The van der Waals surface area contributed by atoms with Crippen LogP contribution in [0.2, 0.25) is 0 Å². The van der Waals surface area contributed by atoms with Crippen molar-refractivity contribution >= 4 is 12.4 Å². The van der Waals surface area contributed by atoms with E-state index in [1.165, 1.54) is 0 Å². The Labute approximate surface area is 158 Å². The lowest BCUT2D eigenvalue weighted by atomic mass is 10.1. The van der Waals surface area contributed by atoms with Crippen molar-refractivity contribution in [3.8, 4) is 11.5 Å². The lowest BCUT2D eigenvalue weighted by Gasteiger charge is -2.09. The molecule has 9 heteroatoms. The molecule has 1 saturated carbocycles. The number of hydrogen-bond donors (Lipinski definition) is 3. The fourth-order valence-corrected chi connectivity index (χ4v) is 3.12. The van der Waals surface area contributed by atoms with Crippen LogP contribution in [0.3, 0.4) is 0 Å². The molecule has 3 atom stereocenters. The van der Waals surface area contributed by atoms with Crippen molar-refractivity contribution in [2.75, 3.05) is 13.7 Å². The van der Waals surface area contributed by atoms with E-state index in [4.69, 9.17) is 15.2 Å². The van der Waals surface area contributed by atoms with Crippen LogP contribution in [0, 0.1) is 0 Å². The van der Waals surface area contributed by atoms with Gasteiger partial charge in [0.25, 0.3) is 0 Å². The van der Waals surface area contributed by atoms with Gasteiger partial charge in [0.15, 0.2) is 5.82 Å². The van der Waals surface area contributed by atoms with Crippen LogP contribution in [-0.4, -0.2) is 50.8 Å². The molecule has 2 aromatic rings.